The summed E-state index contributed by atoms with van der Waals surface area (Å²) in [6.07, 6.45) is -0.265. The van der Waals surface area contributed by atoms with Gasteiger partial charge >= 0.3 is 0 Å². The molecule has 0 bridgehead atoms. The smallest absolute Gasteiger partial charge is 0.254 e. The molecule has 0 radical (unpaired) electrons. The molecule has 0 saturated carbocycles. The lowest BCUT2D eigenvalue weighted by atomic mass is 10.1. The van der Waals surface area contributed by atoms with Crippen LogP contribution in [-0.2, 0) is 4.74 Å². The fourth-order valence-electron chi connectivity index (χ4n) is 2.10. The molecule has 1 unspecified atom stereocenters. The van der Waals surface area contributed by atoms with Crippen LogP contribution in [0.15, 0.2) is 24.3 Å². The van der Waals surface area contributed by atoms with E-state index in [1.54, 1.807) is 4.90 Å². The highest BCUT2D eigenvalue weighted by molar-refractivity contribution is 5.94. The van der Waals surface area contributed by atoms with Crippen molar-refractivity contribution in [3.8, 4) is 0 Å². The number of benzene rings is 1. The summed E-state index contributed by atoms with van der Waals surface area (Å²) >= 11 is 0. The number of carbonyl (C=O) groups excluding carboxylic acids is 1. The number of morpholine rings is 1. The summed E-state index contributed by atoms with van der Waals surface area (Å²) in [6, 6.07) is 7.52. The second kappa shape index (κ2) is 6.04. The summed E-state index contributed by atoms with van der Waals surface area (Å²) in [7, 11) is 3.93. The molecular formula is C14H20N2O3. The summed E-state index contributed by atoms with van der Waals surface area (Å²) in [5.74, 6) is -0.00736. The van der Waals surface area contributed by atoms with Crippen LogP contribution in [0.2, 0.25) is 0 Å². The van der Waals surface area contributed by atoms with Crippen molar-refractivity contribution in [3.05, 3.63) is 29.8 Å². The molecule has 5 nitrogen and oxygen atoms in total. The van der Waals surface area contributed by atoms with Crippen molar-refractivity contribution in [1.29, 1.82) is 0 Å². The first-order valence-electron chi connectivity index (χ1n) is 6.41. The predicted octanol–water partition coefficient (Wildman–Crippen LogP) is 0.586. The molecule has 1 aliphatic rings. The van der Waals surface area contributed by atoms with Gasteiger partial charge in [-0.2, -0.15) is 0 Å². The van der Waals surface area contributed by atoms with E-state index in [2.05, 4.69) is 0 Å². The van der Waals surface area contributed by atoms with Crippen molar-refractivity contribution in [2.75, 3.05) is 45.3 Å². The molecule has 19 heavy (non-hydrogen) atoms. The van der Waals surface area contributed by atoms with Crippen LogP contribution in [0.4, 0.5) is 5.69 Å². The number of amides is 1. The maximum atomic E-state index is 12.3. The van der Waals surface area contributed by atoms with Gasteiger partial charge in [0.05, 0.1) is 19.3 Å². The van der Waals surface area contributed by atoms with Gasteiger partial charge in [0.2, 0.25) is 0 Å². The van der Waals surface area contributed by atoms with Crippen LogP contribution in [0, 0.1) is 0 Å². The van der Waals surface area contributed by atoms with Crippen LogP contribution >= 0.6 is 0 Å². The fraction of sp³-hybridized carbons (Fsp3) is 0.500. The minimum atomic E-state index is -0.265. The van der Waals surface area contributed by atoms with Crippen LogP contribution in [0.1, 0.15) is 10.4 Å². The Labute approximate surface area is 113 Å². The van der Waals surface area contributed by atoms with Gasteiger partial charge < -0.3 is 19.6 Å². The molecular weight excluding hydrogens is 244 g/mol. The van der Waals surface area contributed by atoms with Crippen molar-refractivity contribution >= 4 is 11.6 Å². The van der Waals surface area contributed by atoms with E-state index in [-0.39, 0.29) is 18.6 Å². The lowest BCUT2D eigenvalue weighted by Gasteiger charge is -2.32. The topological polar surface area (TPSA) is 53.0 Å². The maximum Gasteiger partial charge on any atom is 0.254 e. The van der Waals surface area contributed by atoms with E-state index < -0.39 is 0 Å². The normalized spacial score (nSPS) is 19.3. The van der Waals surface area contributed by atoms with E-state index in [1.165, 1.54) is 0 Å². The minimum absolute atomic E-state index is 0.00736. The minimum Gasteiger partial charge on any atom is -0.394 e. The summed E-state index contributed by atoms with van der Waals surface area (Å²) < 4.78 is 5.34. The Kier molecular flexibility index (Phi) is 4.39. The van der Waals surface area contributed by atoms with Crippen molar-refractivity contribution in [3.63, 3.8) is 0 Å². The van der Waals surface area contributed by atoms with Crippen molar-refractivity contribution in [2.45, 2.75) is 6.10 Å². The van der Waals surface area contributed by atoms with Gasteiger partial charge in [-0.25, -0.2) is 0 Å². The molecule has 1 aromatic carbocycles. The molecule has 104 valence electrons. The number of hydrogen-bond donors (Lipinski definition) is 1. The van der Waals surface area contributed by atoms with Crippen LogP contribution < -0.4 is 4.90 Å². The summed E-state index contributed by atoms with van der Waals surface area (Å²) in [6.45, 7) is 1.45. The van der Waals surface area contributed by atoms with E-state index >= 15 is 0 Å². The second-order valence-electron chi connectivity index (χ2n) is 4.87. The molecule has 1 aliphatic heterocycles. The van der Waals surface area contributed by atoms with Gasteiger partial charge in [0.25, 0.3) is 5.91 Å². The van der Waals surface area contributed by atoms with E-state index in [0.29, 0.717) is 25.3 Å². The van der Waals surface area contributed by atoms with Gasteiger partial charge in [0.1, 0.15) is 0 Å². The molecule has 2 rings (SSSR count). The van der Waals surface area contributed by atoms with E-state index in [4.69, 9.17) is 9.84 Å². The predicted molar refractivity (Wildman–Crippen MR) is 73.5 cm³/mol. The van der Waals surface area contributed by atoms with Crippen molar-refractivity contribution < 1.29 is 14.6 Å². The molecule has 0 aromatic heterocycles. The van der Waals surface area contributed by atoms with Gasteiger partial charge in [-0.05, 0) is 24.3 Å². The van der Waals surface area contributed by atoms with E-state index in [0.717, 1.165) is 5.69 Å². The number of rotatable bonds is 3. The molecule has 0 aliphatic carbocycles. The molecule has 5 heteroatoms. The number of anilines is 1. The number of aliphatic hydroxyl groups excluding tert-OH is 1. The molecule has 1 heterocycles. The molecule has 1 fully saturated rings. The Morgan fingerprint density at radius 2 is 2.11 bits per heavy atom. The highest BCUT2D eigenvalue weighted by Crippen LogP contribution is 2.15. The van der Waals surface area contributed by atoms with Crippen molar-refractivity contribution in [1.82, 2.24) is 4.90 Å². The molecule has 1 N–H and O–H groups in total. The Hall–Kier alpha value is -1.59. The quantitative estimate of drug-likeness (QED) is 0.868. The van der Waals surface area contributed by atoms with Crippen LogP contribution in [0.5, 0.6) is 0 Å². The molecule has 0 spiro atoms. The van der Waals surface area contributed by atoms with Crippen LogP contribution in [0.3, 0.4) is 0 Å². The fourth-order valence-corrected chi connectivity index (χ4v) is 2.10. The Balaban J connectivity index is 2.06. The van der Waals surface area contributed by atoms with Gasteiger partial charge in [0, 0.05) is 38.4 Å². The maximum absolute atomic E-state index is 12.3. The largest absolute Gasteiger partial charge is 0.394 e. The summed E-state index contributed by atoms with van der Waals surface area (Å²) in [4.78, 5) is 16.0. The van der Waals surface area contributed by atoms with Crippen LogP contribution in [-0.4, -0.2) is 62.4 Å². The Bertz CT molecular complexity index is 431. The lowest BCUT2D eigenvalue weighted by Crippen LogP contribution is -2.46. The highest BCUT2D eigenvalue weighted by atomic mass is 16.5. The van der Waals surface area contributed by atoms with E-state index in [9.17, 15) is 4.79 Å². The first-order chi connectivity index (χ1) is 9.11. The summed E-state index contributed by atoms with van der Waals surface area (Å²) in [5.41, 5.74) is 1.73. The third-order valence-electron chi connectivity index (χ3n) is 3.26. The zero-order chi connectivity index (χ0) is 13.8. The Morgan fingerprint density at radius 1 is 1.42 bits per heavy atom. The second-order valence-corrected chi connectivity index (χ2v) is 4.87. The average molecular weight is 264 g/mol. The Morgan fingerprint density at radius 3 is 2.68 bits per heavy atom. The highest BCUT2D eigenvalue weighted by Gasteiger charge is 2.24. The molecule has 1 atom stereocenters. The number of nitrogens with zero attached hydrogens (tertiary/aromatic N) is 2. The first-order valence-corrected chi connectivity index (χ1v) is 6.41. The third kappa shape index (κ3) is 3.24. The zero-order valence-electron chi connectivity index (χ0n) is 11.4. The molecule has 1 aromatic rings. The molecule has 1 saturated heterocycles. The van der Waals surface area contributed by atoms with Gasteiger partial charge in [-0.15, -0.1) is 0 Å². The van der Waals surface area contributed by atoms with Gasteiger partial charge in [0.15, 0.2) is 0 Å². The number of carbonyl (C=O) groups is 1. The standard InChI is InChI=1S/C14H20N2O3/c1-15(2)12-5-3-11(4-6-12)14(18)16-7-8-19-13(9-16)10-17/h3-6,13,17H,7-10H2,1-2H3. The number of aliphatic hydroxyl groups is 1. The van der Waals surface area contributed by atoms with E-state index in [1.807, 2.05) is 43.3 Å². The monoisotopic (exact) mass is 264 g/mol. The zero-order valence-corrected chi connectivity index (χ0v) is 11.4. The third-order valence-corrected chi connectivity index (χ3v) is 3.26. The number of ether oxygens (including phenoxy) is 1. The SMILES string of the molecule is CN(C)c1ccc(C(=O)N2CCOC(CO)C2)cc1. The van der Waals surface area contributed by atoms with Crippen molar-refractivity contribution in [2.24, 2.45) is 0 Å². The first kappa shape index (κ1) is 13.8. The lowest BCUT2D eigenvalue weighted by molar-refractivity contribution is -0.0447. The van der Waals surface area contributed by atoms with Gasteiger partial charge in [-0.1, -0.05) is 0 Å². The van der Waals surface area contributed by atoms with Crippen LogP contribution in [0.25, 0.3) is 0 Å². The average Bonchev–Trinajstić information content (AvgIpc) is 2.46. The molecule has 1 amide bonds. The number of hydrogen-bond acceptors (Lipinski definition) is 4. The summed E-state index contributed by atoms with van der Waals surface area (Å²) in [5, 5.41) is 9.09. The van der Waals surface area contributed by atoms with Gasteiger partial charge in [-0.3, -0.25) is 4.79 Å².